The van der Waals surface area contributed by atoms with Crippen LogP contribution in [0.1, 0.15) is 19.8 Å². The zero-order chi connectivity index (χ0) is 11.7. The Balaban J connectivity index is 2.07. The molecule has 5 heteroatoms. The maximum absolute atomic E-state index is 12.2. The van der Waals surface area contributed by atoms with E-state index in [4.69, 9.17) is 5.11 Å². The highest BCUT2D eigenvalue weighted by Gasteiger charge is 2.41. The number of rotatable bonds is 2. The molecule has 3 unspecified atom stereocenters. The third-order valence-corrected chi connectivity index (χ3v) is 4.68. The average Bonchev–Trinajstić information content (AvgIpc) is 2.84. The molecule has 0 bridgehead atoms. The molecule has 2 aliphatic rings. The Morgan fingerprint density at radius 3 is 2.69 bits per heavy atom. The molecule has 4 nitrogen and oxygen atoms in total. The van der Waals surface area contributed by atoms with Gasteiger partial charge in [-0.1, -0.05) is 6.92 Å². The van der Waals surface area contributed by atoms with Crippen molar-refractivity contribution in [1.82, 2.24) is 4.90 Å². The van der Waals surface area contributed by atoms with E-state index in [0.717, 1.165) is 24.3 Å². The van der Waals surface area contributed by atoms with Gasteiger partial charge in [0, 0.05) is 18.2 Å². The molecule has 0 spiro atoms. The maximum atomic E-state index is 12.2. The summed E-state index contributed by atoms with van der Waals surface area (Å²) in [5, 5.41) is 9.15. The summed E-state index contributed by atoms with van der Waals surface area (Å²) in [6.45, 7) is 2.52. The van der Waals surface area contributed by atoms with E-state index in [1.165, 1.54) is 0 Å². The predicted octanol–water partition coefficient (Wildman–Crippen LogP) is 1.06. The monoisotopic (exact) mass is 243 g/mol. The van der Waals surface area contributed by atoms with Crippen LogP contribution < -0.4 is 0 Å². The van der Waals surface area contributed by atoms with Gasteiger partial charge in [0.15, 0.2) is 0 Å². The number of amides is 1. The van der Waals surface area contributed by atoms with Crippen LogP contribution in [0.5, 0.6) is 0 Å². The molecule has 2 heterocycles. The molecule has 1 N–H and O–H groups in total. The molecule has 16 heavy (non-hydrogen) atoms. The van der Waals surface area contributed by atoms with Crippen LogP contribution >= 0.6 is 11.8 Å². The van der Waals surface area contributed by atoms with Gasteiger partial charge >= 0.3 is 5.97 Å². The van der Waals surface area contributed by atoms with Crippen molar-refractivity contribution >= 4 is 23.6 Å². The fourth-order valence-corrected chi connectivity index (χ4v) is 3.75. The summed E-state index contributed by atoms with van der Waals surface area (Å²) < 4.78 is 0. The van der Waals surface area contributed by atoms with Crippen LogP contribution in [-0.4, -0.2) is 46.0 Å². The number of nitrogens with zero attached hydrogens (tertiary/aromatic N) is 1. The van der Waals surface area contributed by atoms with Gasteiger partial charge in [-0.3, -0.25) is 4.79 Å². The molecule has 1 amide bonds. The fourth-order valence-electron chi connectivity index (χ4n) is 2.53. The van der Waals surface area contributed by atoms with Gasteiger partial charge in [-0.25, -0.2) is 4.79 Å². The molecule has 0 aliphatic carbocycles. The Bertz CT molecular complexity index is 302. The molecular weight excluding hydrogens is 226 g/mol. The number of aliphatic carboxylic acids is 1. The lowest BCUT2D eigenvalue weighted by Gasteiger charge is -2.25. The first-order valence-corrected chi connectivity index (χ1v) is 6.87. The SMILES string of the molecule is CC1CCN(C(=O)C2CCSC2)C1C(=O)O. The van der Waals surface area contributed by atoms with Gasteiger partial charge in [-0.2, -0.15) is 11.8 Å². The lowest BCUT2D eigenvalue weighted by atomic mass is 10.0. The quantitative estimate of drug-likeness (QED) is 0.788. The molecule has 2 fully saturated rings. The van der Waals surface area contributed by atoms with Crippen LogP contribution in [-0.2, 0) is 9.59 Å². The average molecular weight is 243 g/mol. The Labute approximate surface area is 99.4 Å². The number of carbonyl (C=O) groups excluding carboxylic acids is 1. The Kier molecular flexibility index (Phi) is 3.42. The molecule has 2 saturated heterocycles. The number of carboxylic acid groups (broad SMARTS) is 1. The van der Waals surface area contributed by atoms with E-state index < -0.39 is 12.0 Å². The van der Waals surface area contributed by atoms with Crippen molar-refractivity contribution in [2.24, 2.45) is 11.8 Å². The summed E-state index contributed by atoms with van der Waals surface area (Å²) in [6.07, 6.45) is 1.71. The summed E-state index contributed by atoms with van der Waals surface area (Å²) >= 11 is 1.78. The van der Waals surface area contributed by atoms with E-state index >= 15 is 0 Å². The van der Waals surface area contributed by atoms with Crippen LogP contribution in [0.15, 0.2) is 0 Å². The van der Waals surface area contributed by atoms with Gasteiger partial charge in [0.1, 0.15) is 6.04 Å². The molecule has 3 atom stereocenters. The van der Waals surface area contributed by atoms with E-state index in [0.29, 0.717) is 6.54 Å². The molecule has 90 valence electrons. The van der Waals surface area contributed by atoms with Crippen molar-refractivity contribution in [3.63, 3.8) is 0 Å². The molecule has 0 saturated carbocycles. The number of carboxylic acids is 1. The lowest BCUT2D eigenvalue weighted by Crippen LogP contribution is -2.45. The van der Waals surface area contributed by atoms with E-state index in [1.54, 1.807) is 16.7 Å². The van der Waals surface area contributed by atoms with Crippen molar-refractivity contribution < 1.29 is 14.7 Å². The zero-order valence-electron chi connectivity index (χ0n) is 9.39. The molecule has 0 aromatic heterocycles. The van der Waals surface area contributed by atoms with Crippen molar-refractivity contribution in [3.05, 3.63) is 0 Å². The van der Waals surface area contributed by atoms with Crippen molar-refractivity contribution in [2.75, 3.05) is 18.1 Å². The van der Waals surface area contributed by atoms with E-state index in [1.807, 2.05) is 6.92 Å². The molecule has 2 aliphatic heterocycles. The number of thioether (sulfide) groups is 1. The van der Waals surface area contributed by atoms with Crippen molar-refractivity contribution in [1.29, 1.82) is 0 Å². The third-order valence-electron chi connectivity index (χ3n) is 3.52. The summed E-state index contributed by atoms with van der Waals surface area (Å²) in [5.41, 5.74) is 0. The maximum Gasteiger partial charge on any atom is 0.326 e. The number of hydrogen-bond acceptors (Lipinski definition) is 3. The van der Waals surface area contributed by atoms with Crippen LogP contribution in [0.4, 0.5) is 0 Å². The second-order valence-electron chi connectivity index (χ2n) is 4.64. The fraction of sp³-hybridized carbons (Fsp3) is 0.818. The predicted molar refractivity (Wildman–Crippen MR) is 62.3 cm³/mol. The normalized spacial score (nSPS) is 34.3. The highest BCUT2D eigenvalue weighted by Crippen LogP contribution is 2.30. The van der Waals surface area contributed by atoms with Gasteiger partial charge in [0.2, 0.25) is 5.91 Å². The molecule has 0 radical (unpaired) electrons. The minimum absolute atomic E-state index is 0.0529. The van der Waals surface area contributed by atoms with Gasteiger partial charge in [-0.15, -0.1) is 0 Å². The first kappa shape index (κ1) is 11.8. The molecule has 2 rings (SSSR count). The van der Waals surface area contributed by atoms with Gasteiger partial charge in [0.25, 0.3) is 0 Å². The van der Waals surface area contributed by atoms with Gasteiger partial charge < -0.3 is 10.0 Å². The lowest BCUT2D eigenvalue weighted by molar-refractivity contribution is -0.150. The number of hydrogen-bond donors (Lipinski definition) is 1. The van der Waals surface area contributed by atoms with E-state index in [2.05, 4.69) is 0 Å². The summed E-state index contributed by atoms with van der Waals surface area (Å²) in [5.74, 6) is 1.21. The van der Waals surface area contributed by atoms with Gasteiger partial charge in [0.05, 0.1) is 0 Å². The summed E-state index contributed by atoms with van der Waals surface area (Å²) in [4.78, 5) is 24.9. The second-order valence-corrected chi connectivity index (χ2v) is 5.79. The Morgan fingerprint density at radius 1 is 1.38 bits per heavy atom. The standard InChI is InChI=1S/C11H17NO3S/c1-7-2-4-12(9(7)11(14)15)10(13)8-3-5-16-6-8/h7-9H,2-6H2,1H3,(H,14,15). The Hall–Kier alpha value is -0.710. The smallest absolute Gasteiger partial charge is 0.326 e. The minimum Gasteiger partial charge on any atom is -0.480 e. The summed E-state index contributed by atoms with van der Waals surface area (Å²) in [6, 6.07) is -0.599. The van der Waals surface area contributed by atoms with Crippen molar-refractivity contribution in [3.8, 4) is 0 Å². The van der Waals surface area contributed by atoms with Crippen LogP contribution in [0.3, 0.4) is 0 Å². The highest BCUT2D eigenvalue weighted by molar-refractivity contribution is 7.99. The largest absolute Gasteiger partial charge is 0.480 e. The third kappa shape index (κ3) is 2.05. The van der Waals surface area contributed by atoms with Gasteiger partial charge in [-0.05, 0) is 24.5 Å². The van der Waals surface area contributed by atoms with Crippen molar-refractivity contribution in [2.45, 2.75) is 25.8 Å². The minimum atomic E-state index is -0.857. The van der Waals surface area contributed by atoms with E-state index in [-0.39, 0.29) is 17.7 Å². The molecule has 0 aromatic rings. The first-order chi connectivity index (χ1) is 7.61. The van der Waals surface area contributed by atoms with Crippen LogP contribution in [0.25, 0.3) is 0 Å². The number of carbonyl (C=O) groups is 2. The van der Waals surface area contributed by atoms with Crippen LogP contribution in [0, 0.1) is 11.8 Å². The second kappa shape index (κ2) is 4.65. The van der Waals surface area contributed by atoms with Crippen LogP contribution in [0.2, 0.25) is 0 Å². The summed E-state index contributed by atoms with van der Waals surface area (Å²) in [7, 11) is 0. The number of likely N-dealkylation sites (tertiary alicyclic amines) is 1. The Morgan fingerprint density at radius 2 is 2.12 bits per heavy atom. The zero-order valence-corrected chi connectivity index (χ0v) is 10.2. The molecule has 0 aromatic carbocycles. The first-order valence-electron chi connectivity index (χ1n) is 5.72. The highest BCUT2D eigenvalue weighted by atomic mass is 32.2. The topological polar surface area (TPSA) is 57.6 Å². The molecular formula is C11H17NO3S. The van der Waals surface area contributed by atoms with E-state index in [9.17, 15) is 9.59 Å².